The van der Waals surface area contributed by atoms with Crippen LogP contribution in [0.4, 0.5) is 4.39 Å². The Hall–Kier alpha value is -1.59. The van der Waals surface area contributed by atoms with E-state index < -0.39 is 0 Å². The number of hydrogen-bond donors (Lipinski definition) is 2. The highest BCUT2D eigenvalue weighted by atomic mass is 19.1. The molecule has 0 amide bonds. The Labute approximate surface area is 215 Å². The van der Waals surface area contributed by atoms with Crippen LogP contribution >= 0.6 is 0 Å². The van der Waals surface area contributed by atoms with Crippen molar-refractivity contribution >= 4 is 10.9 Å². The maximum Gasteiger partial charge on any atom is 0.128 e. The van der Waals surface area contributed by atoms with E-state index in [1.807, 2.05) is 0 Å². The highest BCUT2D eigenvalue weighted by molar-refractivity contribution is 5.77. The molecule has 2 aromatic rings. The second-order valence-corrected chi connectivity index (χ2v) is 13.4. The van der Waals surface area contributed by atoms with E-state index in [0.29, 0.717) is 29.6 Å². The lowest BCUT2D eigenvalue weighted by Crippen LogP contribution is -2.58. The first-order valence-electron chi connectivity index (χ1n) is 14.5. The molecule has 10 atom stereocenters. The van der Waals surface area contributed by atoms with E-state index in [-0.39, 0.29) is 28.9 Å². The predicted octanol–water partition coefficient (Wildman–Crippen LogP) is 6.33. The summed E-state index contributed by atoms with van der Waals surface area (Å²) in [7, 11) is 0. The van der Waals surface area contributed by atoms with Crippen LogP contribution in [0.25, 0.3) is 10.9 Å². The molecule has 1 heterocycles. The molecule has 1 unspecified atom stereocenters. The Balaban J connectivity index is 1.17. The van der Waals surface area contributed by atoms with Gasteiger partial charge in [0.05, 0.1) is 17.7 Å². The molecule has 4 aliphatic rings. The summed E-state index contributed by atoms with van der Waals surface area (Å²) in [6.07, 6.45) is 12.1. The molecular weight excluding hydrogens is 451 g/mol. The zero-order chi connectivity index (χ0) is 25.2. The normalized spacial score (nSPS) is 43.0. The molecule has 5 heteroatoms. The molecule has 1 aromatic carbocycles. The third kappa shape index (κ3) is 3.83. The number of aliphatic hydroxyl groups excluding tert-OH is 2. The van der Waals surface area contributed by atoms with Crippen molar-refractivity contribution in [2.24, 2.45) is 46.3 Å². The fraction of sp³-hybridized carbons (Fsp3) is 0.742. The Morgan fingerprint density at radius 1 is 1.06 bits per heavy atom. The summed E-state index contributed by atoms with van der Waals surface area (Å²) in [5, 5.41) is 22.8. The Morgan fingerprint density at radius 2 is 1.89 bits per heavy atom. The number of benzene rings is 1. The van der Waals surface area contributed by atoms with E-state index in [0.717, 1.165) is 61.2 Å². The van der Waals surface area contributed by atoms with Crippen molar-refractivity contribution in [3.05, 3.63) is 36.0 Å². The van der Waals surface area contributed by atoms with Crippen LogP contribution in [-0.2, 0) is 6.42 Å². The number of aromatic nitrogens is 2. The van der Waals surface area contributed by atoms with Gasteiger partial charge in [-0.15, -0.1) is 0 Å². The van der Waals surface area contributed by atoms with Gasteiger partial charge in [0.25, 0.3) is 0 Å². The van der Waals surface area contributed by atoms with Gasteiger partial charge < -0.3 is 10.2 Å². The second kappa shape index (κ2) is 9.01. The van der Waals surface area contributed by atoms with Gasteiger partial charge in [0.15, 0.2) is 0 Å². The second-order valence-electron chi connectivity index (χ2n) is 13.4. The highest BCUT2D eigenvalue weighted by Gasteiger charge is 2.63. The first-order valence-corrected chi connectivity index (χ1v) is 14.5. The van der Waals surface area contributed by atoms with Crippen molar-refractivity contribution in [3.63, 3.8) is 0 Å². The third-order valence-electron chi connectivity index (χ3n) is 11.9. The standard InChI is InChI=1S/C31H43FN2O2/c1-18(4-11-29-33-17-19-14-21(32)6-10-27(19)34-29)24-8-9-25-23-7-5-20-15-22(35)12-13-30(20,2)26(23)16-28(36)31(24,25)3/h6,10,14,17-18,20,22-26,28,35-36H,4-5,7-9,11-13,15-16H2,1-3H3/t18-,20-,22-,23+,24-,25+,26?,28+,30+,31-/m1/s1. The summed E-state index contributed by atoms with van der Waals surface area (Å²) >= 11 is 0. The van der Waals surface area contributed by atoms with Gasteiger partial charge in [-0.2, -0.15) is 0 Å². The van der Waals surface area contributed by atoms with E-state index in [4.69, 9.17) is 0 Å². The predicted molar refractivity (Wildman–Crippen MR) is 140 cm³/mol. The van der Waals surface area contributed by atoms with E-state index in [2.05, 4.69) is 30.7 Å². The van der Waals surface area contributed by atoms with Crippen LogP contribution in [0.2, 0.25) is 0 Å². The third-order valence-corrected chi connectivity index (χ3v) is 11.9. The van der Waals surface area contributed by atoms with Gasteiger partial charge in [-0.1, -0.05) is 20.8 Å². The molecule has 4 nitrogen and oxygen atoms in total. The van der Waals surface area contributed by atoms with E-state index in [1.165, 1.54) is 37.8 Å². The molecule has 0 saturated heterocycles. The number of nitrogens with zero attached hydrogens (tertiary/aromatic N) is 2. The monoisotopic (exact) mass is 494 g/mol. The van der Waals surface area contributed by atoms with Crippen molar-refractivity contribution < 1.29 is 14.6 Å². The minimum absolute atomic E-state index is 0.0142. The maximum atomic E-state index is 13.5. The van der Waals surface area contributed by atoms with Crippen LogP contribution in [0.5, 0.6) is 0 Å². The Morgan fingerprint density at radius 3 is 2.72 bits per heavy atom. The number of halogens is 1. The van der Waals surface area contributed by atoms with Crippen molar-refractivity contribution in [2.75, 3.05) is 0 Å². The summed E-state index contributed by atoms with van der Waals surface area (Å²) in [5.74, 6) is 4.13. The van der Waals surface area contributed by atoms with Crippen molar-refractivity contribution in [1.82, 2.24) is 9.97 Å². The molecule has 1 aromatic heterocycles. The minimum atomic E-state index is -0.256. The van der Waals surface area contributed by atoms with Gasteiger partial charge in [-0.3, -0.25) is 0 Å². The lowest BCUT2D eigenvalue weighted by atomic mass is 9.43. The van der Waals surface area contributed by atoms with Crippen LogP contribution in [0, 0.1) is 52.2 Å². The van der Waals surface area contributed by atoms with Gasteiger partial charge in [0.1, 0.15) is 11.6 Å². The summed E-state index contributed by atoms with van der Waals surface area (Å²) in [6, 6.07) is 4.68. The molecule has 2 N–H and O–H groups in total. The number of rotatable bonds is 4. The van der Waals surface area contributed by atoms with Crippen LogP contribution in [-0.4, -0.2) is 32.4 Å². The first kappa shape index (κ1) is 24.7. The molecular formula is C31H43FN2O2. The summed E-state index contributed by atoms with van der Waals surface area (Å²) < 4.78 is 13.5. The topological polar surface area (TPSA) is 66.2 Å². The average molecular weight is 495 g/mol. The van der Waals surface area contributed by atoms with Crippen LogP contribution in [0.3, 0.4) is 0 Å². The summed E-state index contributed by atoms with van der Waals surface area (Å²) in [5.41, 5.74) is 1.07. The van der Waals surface area contributed by atoms with Gasteiger partial charge in [0.2, 0.25) is 0 Å². The quantitative estimate of drug-likeness (QED) is 0.521. The van der Waals surface area contributed by atoms with Crippen molar-refractivity contribution in [1.29, 1.82) is 0 Å². The fourth-order valence-electron chi connectivity index (χ4n) is 9.88. The number of aryl methyl sites for hydroxylation is 1. The maximum absolute atomic E-state index is 13.5. The summed E-state index contributed by atoms with van der Waals surface area (Å²) in [4.78, 5) is 9.21. The lowest BCUT2D eigenvalue weighted by Gasteiger charge is -2.62. The zero-order valence-corrected chi connectivity index (χ0v) is 22.2. The molecule has 0 bridgehead atoms. The van der Waals surface area contributed by atoms with Crippen molar-refractivity contribution in [3.8, 4) is 0 Å². The molecule has 4 saturated carbocycles. The largest absolute Gasteiger partial charge is 0.393 e. The molecule has 0 radical (unpaired) electrons. The van der Waals surface area contributed by atoms with Gasteiger partial charge in [-0.25, -0.2) is 14.4 Å². The molecule has 4 fully saturated rings. The molecule has 0 spiro atoms. The van der Waals surface area contributed by atoms with Crippen LogP contribution in [0.15, 0.2) is 24.4 Å². The highest BCUT2D eigenvalue weighted by Crippen LogP contribution is 2.68. The number of aliphatic hydroxyl groups is 2. The van der Waals surface area contributed by atoms with E-state index >= 15 is 0 Å². The fourth-order valence-corrected chi connectivity index (χ4v) is 9.88. The Kier molecular flexibility index (Phi) is 6.19. The molecule has 196 valence electrons. The van der Waals surface area contributed by atoms with Gasteiger partial charge in [-0.05, 0) is 122 Å². The van der Waals surface area contributed by atoms with Gasteiger partial charge >= 0.3 is 0 Å². The molecule has 36 heavy (non-hydrogen) atoms. The van der Waals surface area contributed by atoms with Crippen molar-refractivity contribution in [2.45, 2.75) is 97.2 Å². The SMILES string of the molecule is C[C@H](CCc1ncc2cc(F)ccc2n1)[C@H]1CC[C@H]2[C@@H]3CC[C@@H]4C[C@H](O)CC[C@]4(C)C3C[C@H](O)[C@]12C. The van der Waals surface area contributed by atoms with E-state index in [1.54, 1.807) is 12.3 Å². The van der Waals surface area contributed by atoms with E-state index in [9.17, 15) is 14.6 Å². The lowest BCUT2D eigenvalue weighted by molar-refractivity contribution is -0.174. The molecule has 0 aliphatic heterocycles. The number of fused-ring (bicyclic) bond motifs is 6. The van der Waals surface area contributed by atoms with Gasteiger partial charge in [0, 0.05) is 18.0 Å². The van der Waals surface area contributed by atoms with Crippen LogP contribution < -0.4 is 0 Å². The zero-order valence-electron chi connectivity index (χ0n) is 22.2. The number of hydrogen-bond acceptors (Lipinski definition) is 4. The summed E-state index contributed by atoms with van der Waals surface area (Å²) in [6.45, 7) is 7.27. The average Bonchev–Trinajstić information content (AvgIpc) is 3.22. The Bertz CT molecular complexity index is 1120. The first-order chi connectivity index (χ1) is 17.2. The molecule has 6 rings (SSSR count). The smallest absolute Gasteiger partial charge is 0.128 e. The molecule has 4 aliphatic carbocycles. The minimum Gasteiger partial charge on any atom is -0.393 e. The van der Waals surface area contributed by atoms with Crippen LogP contribution in [0.1, 0.15) is 84.4 Å².